The van der Waals surface area contributed by atoms with Crippen molar-refractivity contribution >= 4 is 11.6 Å². The first-order chi connectivity index (χ1) is 14.2. The van der Waals surface area contributed by atoms with E-state index in [1.807, 2.05) is 0 Å². The molecular weight excluding hydrogens is 364 g/mol. The first-order valence-corrected chi connectivity index (χ1v) is 10.9. The Labute approximate surface area is 172 Å². The number of benzene rings is 1. The molecule has 3 aliphatic rings. The van der Waals surface area contributed by atoms with Crippen LogP contribution < -0.4 is 19.7 Å². The molecule has 1 N–H and O–H groups in total. The van der Waals surface area contributed by atoms with Crippen LogP contribution in [0.4, 0.5) is 11.6 Å². The normalized spacial score (nSPS) is 19.2. The molecular formula is C23H30N4O2. The number of aromatic nitrogens is 2. The maximum absolute atomic E-state index is 5.52. The Balaban J connectivity index is 1.42. The summed E-state index contributed by atoms with van der Waals surface area (Å²) >= 11 is 0. The number of hydrogen-bond donors (Lipinski definition) is 1. The number of fused-ring (bicyclic) bond motifs is 1. The topological polar surface area (TPSA) is 59.5 Å². The van der Waals surface area contributed by atoms with Crippen molar-refractivity contribution in [3.8, 4) is 11.5 Å². The molecule has 0 spiro atoms. The molecule has 1 aromatic carbocycles. The van der Waals surface area contributed by atoms with Crippen LogP contribution in [-0.2, 0) is 13.0 Å². The molecule has 1 aliphatic heterocycles. The van der Waals surface area contributed by atoms with Gasteiger partial charge in [0.15, 0.2) is 11.5 Å². The van der Waals surface area contributed by atoms with E-state index in [0.717, 1.165) is 48.5 Å². The summed E-state index contributed by atoms with van der Waals surface area (Å²) in [5, 5.41) is 3.68. The second-order valence-electron chi connectivity index (χ2n) is 8.52. The van der Waals surface area contributed by atoms with Crippen LogP contribution in [0, 0.1) is 0 Å². The molecule has 0 atom stereocenters. The molecule has 0 amide bonds. The lowest BCUT2D eigenvalue weighted by Crippen LogP contribution is -2.31. The number of rotatable bonds is 6. The largest absolute Gasteiger partial charge is 0.493 e. The Hall–Kier alpha value is -2.50. The Kier molecular flexibility index (Phi) is 4.94. The van der Waals surface area contributed by atoms with E-state index < -0.39 is 0 Å². The van der Waals surface area contributed by atoms with Crippen LogP contribution in [0.5, 0.6) is 11.5 Å². The van der Waals surface area contributed by atoms with Gasteiger partial charge < -0.3 is 19.7 Å². The first kappa shape index (κ1) is 18.5. The van der Waals surface area contributed by atoms with E-state index in [1.165, 1.54) is 49.7 Å². The highest BCUT2D eigenvalue weighted by atomic mass is 16.5. The van der Waals surface area contributed by atoms with Crippen LogP contribution >= 0.6 is 0 Å². The van der Waals surface area contributed by atoms with E-state index >= 15 is 0 Å². The predicted octanol–water partition coefficient (Wildman–Crippen LogP) is 4.29. The summed E-state index contributed by atoms with van der Waals surface area (Å²) in [6.07, 6.45) is 8.54. The third kappa shape index (κ3) is 3.85. The van der Waals surface area contributed by atoms with Crippen molar-refractivity contribution in [1.82, 2.24) is 9.97 Å². The zero-order valence-electron chi connectivity index (χ0n) is 17.4. The fourth-order valence-electron chi connectivity index (χ4n) is 4.57. The molecule has 2 heterocycles. The van der Waals surface area contributed by atoms with Crippen molar-refractivity contribution in [3.05, 3.63) is 35.2 Å². The SMILES string of the molecule is COc1cc2c(cc1OC)CN(c1cc(NC3CCCC3)nc(C3CC3)n1)CC2. The third-order valence-corrected chi connectivity index (χ3v) is 6.42. The minimum absolute atomic E-state index is 0.542. The van der Waals surface area contributed by atoms with Crippen LogP contribution in [-0.4, -0.2) is 36.8 Å². The molecule has 0 bridgehead atoms. The summed E-state index contributed by atoms with van der Waals surface area (Å²) in [5.74, 6) is 5.20. The maximum atomic E-state index is 5.52. The number of ether oxygens (including phenoxy) is 2. The summed E-state index contributed by atoms with van der Waals surface area (Å²) in [7, 11) is 3.39. The van der Waals surface area contributed by atoms with Gasteiger partial charge in [0.25, 0.3) is 0 Å². The van der Waals surface area contributed by atoms with Crippen molar-refractivity contribution in [1.29, 1.82) is 0 Å². The van der Waals surface area contributed by atoms with Crippen LogP contribution in [0.2, 0.25) is 0 Å². The van der Waals surface area contributed by atoms with E-state index in [-0.39, 0.29) is 0 Å². The third-order valence-electron chi connectivity index (χ3n) is 6.42. The molecule has 2 aliphatic carbocycles. The van der Waals surface area contributed by atoms with Crippen LogP contribution in [0.25, 0.3) is 0 Å². The van der Waals surface area contributed by atoms with Gasteiger partial charge in [0.1, 0.15) is 17.5 Å². The number of nitrogens with one attached hydrogen (secondary N) is 1. The monoisotopic (exact) mass is 394 g/mol. The Morgan fingerprint density at radius 1 is 0.931 bits per heavy atom. The van der Waals surface area contributed by atoms with Gasteiger partial charge in [-0.2, -0.15) is 0 Å². The van der Waals surface area contributed by atoms with E-state index in [9.17, 15) is 0 Å². The zero-order valence-corrected chi connectivity index (χ0v) is 17.4. The van der Waals surface area contributed by atoms with Gasteiger partial charge in [-0.05, 0) is 55.4 Å². The second kappa shape index (κ2) is 7.73. The lowest BCUT2D eigenvalue weighted by atomic mass is 9.99. The lowest BCUT2D eigenvalue weighted by molar-refractivity contribution is 0.353. The van der Waals surface area contributed by atoms with E-state index in [0.29, 0.717) is 12.0 Å². The number of methoxy groups -OCH3 is 2. The first-order valence-electron chi connectivity index (χ1n) is 10.9. The highest BCUT2D eigenvalue weighted by Gasteiger charge is 2.29. The summed E-state index contributed by atoms with van der Waals surface area (Å²) in [4.78, 5) is 12.2. The van der Waals surface area contributed by atoms with Crippen molar-refractivity contribution in [2.45, 2.75) is 63.5 Å². The molecule has 6 heteroatoms. The molecule has 1 aromatic heterocycles. The Morgan fingerprint density at radius 2 is 1.66 bits per heavy atom. The highest BCUT2D eigenvalue weighted by Crippen LogP contribution is 2.40. The highest BCUT2D eigenvalue weighted by molar-refractivity contribution is 5.55. The Morgan fingerprint density at radius 3 is 2.34 bits per heavy atom. The number of nitrogens with zero attached hydrogens (tertiary/aromatic N) is 3. The van der Waals surface area contributed by atoms with E-state index in [2.05, 4.69) is 28.4 Å². The maximum Gasteiger partial charge on any atom is 0.161 e. The summed E-state index contributed by atoms with van der Waals surface area (Å²) < 4.78 is 11.0. The van der Waals surface area contributed by atoms with Gasteiger partial charge >= 0.3 is 0 Å². The molecule has 0 saturated heterocycles. The zero-order chi connectivity index (χ0) is 19.8. The van der Waals surface area contributed by atoms with Crippen molar-refractivity contribution in [3.63, 3.8) is 0 Å². The predicted molar refractivity (Wildman–Crippen MR) is 114 cm³/mol. The summed E-state index contributed by atoms with van der Waals surface area (Å²) in [6, 6.07) is 6.94. The van der Waals surface area contributed by atoms with Crippen LogP contribution in [0.15, 0.2) is 18.2 Å². The Bertz CT molecular complexity index is 891. The summed E-state index contributed by atoms with van der Waals surface area (Å²) in [6.45, 7) is 1.78. The van der Waals surface area contributed by atoms with E-state index in [4.69, 9.17) is 19.4 Å². The fourth-order valence-corrected chi connectivity index (χ4v) is 4.57. The number of hydrogen-bond acceptors (Lipinski definition) is 6. The van der Waals surface area contributed by atoms with Crippen LogP contribution in [0.3, 0.4) is 0 Å². The quantitative estimate of drug-likeness (QED) is 0.789. The van der Waals surface area contributed by atoms with Gasteiger partial charge in [0.05, 0.1) is 14.2 Å². The van der Waals surface area contributed by atoms with Gasteiger partial charge in [-0.1, -0.05) is 12.8 Å². The van der Waals surface area contributed by atoms with Gasteiger partial charge in [0.2, 0.25) is 0 Å². The molecule has 2 fully saturated rings. The average molecular weight is 395 g/mol. The minimum atomic E-state index is 0.542. The molecule has 0 unspecified atom stereocenters. The van der Waals surface area contributed by atoms with E-state index in [1.54, 1.807) is 14.2 Å². The second-order valence-corrected chi connectivity index (χ2v) is 8.52. The standard InChI is InChI=1S/C23H30N4O2/c1-28-19-11-16-9-10-27(14-17(16)12-20(19)29-2)22-13-21(24-18-5-3-4-6-18)25-23(26-22)15-7-8-15/h11-13,15,18H,3-10,14H2,1-2H3,(H,24,25,26). The smallest absolute Gasteiger partial charge is 0.161 e. The van der Waals surface area contributed by atoms with Gasteiger partial charge in [-0.3, -0.25) is 0 Å². The van der Waals surface area contributed by atoms with Gasteiger partial charge in [-0.15, -0.1) is 0 Å². The lowest BCUT2D eigenvalue weighted by Gasteiger charge is -2.31. The molecule has 6 nitrogen and oxygen atoms in total. The molecule has 0 radical (unpaired) electrons. The van der Waals surface area contributed by atoms with Crippen molar-refractivity contribution in [2.24, 2.45) is 0 Å². The molecule has 2 saturated carbocycles. The minimum Gasteiger partial charge on any atom is -0.493 e. The number of anilines is 2. The van der Waals surface area contributed by atoms with Crippen LogP contribution in [0.1, 0.15) is 61.4 Å². The summed E-state index contributed by atoms with van der Waals surface area (Å²) in [5.41, 5.74) is 2.62. The average Bonchev–Trinajstić information content (AvgIpc) is 3.49. The van der Waals surface area contributed by atoms with Crippen molar-refractivity contribution in [2.75, 3.05) is 31.0 Å². The molecule has 29 heavy (non-hydrogen) atoms. The van der Waals surface area contributed by atoms with Gasteiger partial charge in [0, 0.05) is 31.1 Å². The molecule has 2 aromatic rings. The molecule has 154 valence electrons. The van der Waals surface area contributed by atoms with Crippen molar-refractivity contribution < 1.29 is 9.47 Å². The van der Waals surface area contributed by atoms with Gasteiger partial charge in [-0.25, -0.2) is 9.97 Å². The fraction of sp³-hybridized carbons (Fsp3) is 0.565. The molecule has 5 rings (SSSR count).